The molecule has 0 saturated heterocycles. The lowest BCUT2D eigenvalue weighted by Gasteiger charge is -2.22. The summed E-state index contributed by atoms with van der Waals surface area (Å²) in [6.45, 7) is 8.79. The number of sulfone groups is 1. The largest absolute Gasteiger partial charge is 0.494 e. The summed E-state index contributed by atoms with van der Waals surface area (Å²) in [6.07, 6.45) is 2.71. The van der Waals surface area contributed by atoms with Gasteiger partial charge in [0.15, 0.2) is 5.96 Å². The second-order valence-corrected chi connectivity index (χ2v) is 10.6. The standard InChI is InChI=1S/C23H35N3O3S/c1-5-24-22(26-18-23(2,3)13-16-30(4,27)28)25-14-8-15-29-21-12-11-19-9-6-7-10-20(19)17-21/h6-7,9-12,17H,5,8,13-16,18H2,1-4H3,(H2,24,25,26). The van der Waals surface area contributed by atoms with Crippen LogP contribution in [0.1, 0.15) is 33.6 Å². The van der Waals surface area contributed by atoms with Crippen molar-refractivity contribution in [1.82, 2.24) is 10.6 Å². The molecule has 0 unspecified atom stereocenters. The van der Waals surface area contributed by atoms with Gasteiger partial charge in [0.25, 0.3) is 0 Å². The van der Waals surface area contributed by atoms with Gasteiger partial charge in [-0.3, -0.25) is 4.99 Å². The average molecular weight is 434 g/mol. The van der Waals surface area contributed by atoms with Crippen LogP contribution in [0.15, 0.2) is 47.5 Å². The van der Waals surface area contributed by atoms with Gasteiger partial charge in [-0.1, -0.05) is 44.2 Å². The molecular weight excluding hydrogens is 398 g/mol. The SMILES string of the molecule is CCNC(=NCC(C)(C)CCS(C)(=O)=O)NCCCOc1ccc2ccccc2c1. The normalized spacial score (nSPS) is 12.7. The molecule has 0 fully saturated rings. The Morgan fingerprint density at radius 2 is 1.83 bits per heavy atom. The van der Waals surface area contributed by atoms with Crippen molar-refractivity contribution in [3.05, 3.63) is 42.5 Å². The highest BCUT2D eigenvalue weighted by Crippen LogP contribution is 2.22. The highest BCUT2D eigenvalue weighted by molar-refractivity contribution is 7.90. The van der Waals surface area contributed by atoms with Crippen LogP contribution in [0.2, 0.25) is 0 Å². The van der Waals surface area contributed by atoms with Gasteiger partial charge in [-0.15, -0.1) is 0 Å². The van der Waals surface area contributed by atoms with Crippen molar-refractivity contribution in [2.75, 3.05) is 38.2 Å². The number of aliphatic imine (C=N–C) groups is 1. The van der Waals surface area contributed by atoms with Crippen molar-refractivity contribution < 1.29 is 13.2 Å². The van der Waals surface area contributed by atoms with E-state index < -0.39 is 9.84 Å². The van der Waals surface area contributed by atoms with Gasteiger partial charge in [-0.25, -0.2) is 8.42 Å². The summed E-state index contributed by atoms with van der Waals surface area (Å²) in [7, 11) is -2.96. The van der Waals surface area contributed by atoms with Gasteiger partial charge in [-0.05, 0) is 48.1 Å². The number of nitrogens with zero attached hydrogens (tertiary/aromatic N) is 1. The molecule has 2 N–H and O–H groups in total. The number of ether oxygens (including phenoxy) is 1. The molecule has 0 bridgehead atoms. The Morgan fingerprint density at radius 1 is 1.10 bits per heavy atom. The number of hydrogen-bond donors (Lipinski definition) is 2. The first-order chi connectivity index (χ1) is 14.2. The molecule has 0 aromatic heterocycles. The first kappa shape index (κ1) is 24.0. The number of hydrogen-bond acceptors (Lipinski definition) is 4. The summed E-state index contributed by atoms with van der Waals surface area (Å²) in [5.41, 5.74) is -0.176. The number of nitrogens with one attached hydrogen (secondary N) is 2. The van der Waals surface area contributed by atoms with Crippen LogP contribution in [0.25, 0.3) is 10.8 Å². The molecule has 0 radical (unpaired) electrons. The summed E-state index contributed by atoms with van der Waals surface area (Å²) in [6, 6.07) is 14.4. The Kier molecular flexibility index (Phi) is 8.96. The smallest absolute Gasteiger partial charge is 0.191 e. The maximum absolute atomic E-state index is 11.4. The second-order valence-electron chi connectivity index (χ2n) is 8.38. The Labute approximate surface area is 181 Å². The Hall–Kier alpha value is -2.28. The predicted molar refractivity (Wildman–Crippen MR) is 126 cm³/mol. The molecule has 0 heterocycles. The van der Waals surface area contributed by atoms with Gasteiger partial charge in [0.1, 0.15) is 15.6 Å². The van der Waals surface area contributed by atoms with E-state index in [-0.39, 0.29) is 11.2 Å². The lowest BCUT2D eigenvalue weighted by Crippen LogP contribution is -2.39. The molecule has 0 amide bonds. The topological polar surface area (TPSA) is 79.8 Å². The zero-order valence-corrected chi connectivity index (χ0v) is 19.4. The van der Waals surface area contributed by atoms with E-state index in [2.05, 4.69) is 39.9 Å². The molecule has 0 spiro atoms. The minimum Gasteiger partial charge on any atom is -0.494 e. The van der Waals surface area contributed by atoms with Crippen LogP contribution in [-0.4, -0.2) is 52.6 Å². The van der Waals surface area contributed by atoms with Crippen LogP contribution >= 0.6 is 0 Å². The third-order valence-corrected chi connectivity index (χ3v) is 5.71. The Bertz CT molecular complexity index is 940. The van der Waals surface area contributed by atoms with E-state index >= 15 is 0 Å². The molecule has 0 saturated carbocycles. The van der Waals surface area contributed by atoms with Gasteiger partial charge < -0.3 is 15.4 Å². The highest BCUT2D eigenvalue weighted by atomic mass is 32.2. The minimum atomic E-state index is -2.96. The third-order valence-electron chi connectivity index (χ3n) is 4.76. The molecule has 2 aromatic rings. The highest BCUT2D eigenvalue weighted by Gasteiger charge is 2.20. The monoisotopic (exact) mass is 433 g/mol. The number of fused-ring (bicyclic) bond motifs is 1. The summed E-state index contributed by atoms with van der Waals surface area (Å²) in [5.74, 6) is 1.81. The van der Waals surface area contributed by atoms with Crippen LogP contribution in [0.4, 0.5) is 0 Å². The minimum absolute atomic E-state index is 0.176. The van der Waals surface area contributed by atoms with Crippen molar-refractivity contribution in [2.24, 2.45) is 10.4 Å². The van der Waals surface area contributed by atoms with Gasteiger partial charge in [0.05, 0.1) is 12.4 Å². The van der Waals surface area contributed by atoms with Crippen molar-refractivity contribution in [1.29, 1.82) is 0 Å². The van der Waals surface area contributed by atoms with Crippen molar-refractivity contribution in [2.45, 2.75) is 33.6 Å². The van der Waals surface area contributed by atoms with E-state index in [1.165, 1.54) is 17.0 Å². The molecule has 6 nitrogen and oxygen atoms in total. The van der Waals surface area contributed by atoms with Gasteiger partial charge in [0.2, 0.25) is 0 Å². The van der Waals surface area contributed by atoms with Crippen LogP contribution in [-0.2, 0) is 9.84 Å². The van der Waals surface area contributed by atoms with Crippen molar-refractivity contribution in [3.8, 4) is 5.75 Å². The van der Waals surface area contributed by atoms with E-state index in [0.717, 1.165) is 31.2 Å². The summed E-state index contributed by atoms with van der Waals surface area (Å²) in [5, 5.41) is 8.94. The maximum Gasteiger partial charge on any atom is 0.191 e. The third kappa shape index (κ3) is 9.03. The fourth-order valence-electron chi connectivity index (χ4n) is 2.90. The second kappa shape index (κ2) is 11.2. The molecular formula is C23H35N3O3S. The first-order valence-electron chi connectivity index (χ1n) is 10.5. The van der Waals surface area contributed by atoms with Crippen LogP contribution in [0, 0.1) is 5.41 Å². The zero-order chi connectivity index (χ0) is 22.0. The molecule has 7 heteroatoms. The van der Waals surface area contributed by atoms with Gasteiger partial charge in [-0.2, -0.15) is 0 Å². The summed E-state index contributed by atoms with van der Waals surface area (Å²) in [4.78, 5) is 4.63. The molecule has 2 aromatic carbocycles. The summed E-state index contributed by atoms with van der Waals surface area (Å²) >= 11 is 0. The van der Waals surface area contributed by atoms with Crippen LogP contribution in [0.3, 0.4) is 0 Å². The molecule has 0 aliphatic carbocycles. The predicted octanol–water partition coefficient (Wildman–Crippen LogP) is 3.62. The molecule has 0 aliphatic heterocycles. The van der Waals surface area contributed by atoms with E-state index in [4.69, 9.17) is 4.74 Å². The maximum atomic E-state index is 11.4. The quantitative estimate of drug-likeness (QED) is 0.321. The van der Waals surface area contributed by atoms with Crippen LogP contribution in [0.5, 0.6) is 5.75 Å². The molecule has 166 valence electrons. The fraction of sp³-hybridized carbons (Fsp3) is 0.522. The van der Waals surface area contributed by atoms with E-state index in [1.54, 1.807) is 0 Å². The molecule has 2 rings (SSSR count). The number of rotatable bonds is 11. The molecule has 0 aliphatic rings. The Balaban J connectivity index is 1.77. The first-order valence-corrected chi connectivity index (χ1v) is 12.6. The fourth-order valence-corrected chi connectivity index (χ4v) is 3.83. The van der Waals surface area contributed by atoms with Crippen molar-refractivity contribution in [3.63, 3.8) is 0 Å². The van der Waals surface area contributed by atoms with E-state index in [9.17, 15) is 8.42 Å². The lowest BCUT2D eigenvalue weighted by molar-refractivity contribution is 0.311. The van der Waals surface area contributed by atoms with E-state index in [1.807, 2.05) is 39.0 Å². The lowest BCUT2D eigenvalue weighted by atomic mass is 9.90. The van der Waals surface area contributed by atoms with Gasteiger partial charge >= 0.3 is 0 Å². The zero-order valence-electron chi connectivity index (χ0n) is 18.6. The average Bonchev–Trinajstić information content (AvgIpc) is 2.70. The van der Waals surface area contributed by atoms with Crippen LogP contribution < -0.4 is 15.4 Å². The molecule has 30 heavy (non-hydrogen) atoms. The van der Waals surface area contributed by atoms with Crippen molar-refractivity contribution >= 4 is 26.6 Å². The van der Waals surface area contributed by atoms with Gasteiger partial charge in [0, 0.05) is 25.9 Å². The summed E-state index contributed by atoms with van der Waals surface area (Å²) < 4.78 is 28.7. The Morgan fingerprint density at radius 3 is 2.53 bits per heavy atom. The molecule has 0 atom stereocenters. The number of benzene rings is 2. The number of guanidine groups is 1. The van der Waals surface area contributed by atoms with E-state index in [0.29, 0.717) is 19.6 Å².